The lowest BCUT2D eigenvalue weighted by Crippen LogP contribution is -2.43. The van der Waals surface area contributed by atoms with Crippen LogP contribution in [0.3, 0.4) is 0 Å². The van der Waals surface area contributed by atoms with Gasteiger partial charge in [-0.15, -0.1) is 0 Å². The zero-order chi connectivity index (χ0) is 15.2. The normalized spacial score (nSPS) is 21.9. The monoisotopic (exact) mass is 290 g/mol. The van der Waals surface area contributed by atoms with Crippen molar-refractivity contribution in [2.24, 2.45) is 5.92 Å². The van der Waals surface area contributed by atoms with E-state index in [0.29, 0.717) is 23.5 Å². The lowest BCUT2D eigenvalue weighted by atomic mass is 9.85. The van der Waals surface area contributed by atoms with Crippen molar-refractivity contribution in [1.82, 2.24) is 14.9 Å². The van der Waals surface area contributed by atoms with Gasteiger partial charge in [-0.2, -0.15) is 0 Å². The Hall–Kier alpha value is -1.65. The summed E-state index contributed by atoms with van der Waals surface area (Å²) in [6, 6.07) is 0.320. The number of nitrogens with one attached hydrogen (secondary N) is 1. The number of hydrogen-bond acceptors (Lipinski definition) is 4. The van der Waals surface area contributed by atoms with Crippen molar-refractivity contribution in [3.63, 3.8) is 0 Å². The molecule has 0 spiro atoms. The highest BCUT2D eigenvalue weighted by molar-refractivity contribution is 5.92. The number of amides is 1. The standard InChI is InChI=1S/C16H26N4O/c1-4-9-18-15-11-17-10-13(19-15)16(21)20(3)14-8-6-5-7-12(14)2/h10-12,14H,4-9H2,1-3H3,(H,18,19). The van der Waals surface area contributed by atoms with E-state index < -0.39 is 0 Å². The average Bonchev–Trinajstić information content (AvgIpc) is 2.52. The predicted octanol–water partition coefficient (Wildman–Crippen LogP) is 2.95. The largest absolute Gasteiger partial charge is 0.369 e. The van der Waals surface area contributed by atoms with Crippen LogP contribution in [0.15, 0.2) is 12.4 Å². The summed E-state index contributed by atoms with van der Waals surface area (Å²) in [5.74, 6) is 1.20. The molecule has 0 aromatic carbocycles. The summed E-state index contributed by atoms with van der Waals surface area (Å²) >= 11 is 0. The van der Waals surface area contributed by atoms with Gasteiger partial charge < -0.3 is 10.2 Å². The summed E-state index contributed by atoms with van der Waals surface area (Å²) in [6.45, 7) is 5.16. The van der Waals surface area contributed by atoms with Crippen LogP contribution in [0, 0.1) is 5.92 Å². The van der Waals surface area contributed by atoms with Crippen molar-refractivity contribution in [3.05, 3.63) is 18.1 Å². The molecule has 0 bridgehead atoms. The molecule has 2 rings (SSSR count). The van der Waals surface area contributed by atoms with Crippen molar-refractivity contribution in [3.8, 4) is 0 Å². The molecule has 1 heterocycles. The number of carbonyl (C=O) groups excluding carboxylic acids is 1. The van der Waals surface area contributed by atoms with Gasteiger partial charge in [-0.05, 0) is 25.2 Å². The first-order chi connectivity index (χ1) is 10.1. The fourth-order valence-electron chi connectivity index (χ4n) is 3.01. The zero-order valence-electron chi connectivity index (χ0n) is 13.3. The molecular formula is C16H26N4O. The second kappa shape index (κ2) is 7.38. The minimum atomic E-state index is -0.0265. The number of anilines is 1. The summed E-state index contributed by atoms with van der Waals surface area (Å²) in [5, 5.41) is 3.17. The molecule has 116 valence electrons. The number of hydrogen-bond donors (Lipinski definition) is 1. The molecule has 5 heteroatoms. The van der Waals surface area contributed by atoms with Crippen LogP contribution in [0.5, 0.6) is 0 Å². The van der Waals surface area contributed by atoms with Crippen LogP contribution >= 0.6 is 0 Å². The van der Waals surface area contributed by atoms with Crippen molar-refractivity contribution in [2.75, 3.05) is 18.9 Å². The summed E-state index contributed by atoms with van der Waals surface area (Å²) in [7, 11) is 1.89. The van der Waals surface area contributed by atoms with E-state index in [4.69, 9.17) is 0 Å². The second-order valence-corrected chi connectivity index (χ2v) is 5.96. The maximum atomic E-state index is 12.6. The minimum absolute atomic E-state index is 0.0265. The third kappa shape index (κ3) is 3.93. The highest BCUT2D eigenvalue weighted by Crippen LogP contribution is 2.28. The third-order valence-corrected chi connectivity index (χ3v) is 4.29. The van der Waals surface area contributed by atoms with Gasteiger partial charge in [-0.1, -0.05) is 26.7 Å². The summed E-state index contributed by atoms with van der Waals surface area (Å²) in [5.41, 5.74) is 0.427. The molecule has 1 aromatic heterocycles. The van der Waals surface area contributed by atoms with Crippen LogP contribution in [0.25, 0.3) is 0 Å². The fourth-order valence-corrected chi connectivity index (χ4v) is 3.01. The first kappa shape index (κ1) is 15.7. The van der Waals surface area contributed by atoms with E-state index in [9.17, 15) is 4.79 Å². The fraction of sp³-hybridized carbons (Fsp3) is 0.688. The van der Waals surface area contributed by atoms with Gasteiger partial charge in [0.15, 0.2) is 0 Å². The van der Waals surface area contributed by atoms with Crippen LogP contribution < -0.4 is 5.32 Å². The molecule has 1 aromatic rings. The Bertz CT molecular complexity index is 477. The van der Waals surface area contributed by atoms with Gasteiger partial charge in [-0.3, -0.25) is 9.78 Å². The molecule has 0 aliphatic heterocycles. The molecule has 1 aliphatic rings. The molecule has 2 unspecified atom stereocenters. The number of aromatic nitrogens is 2. The quantitative estimate of drug-likeness (QED) is 0.906. The number of carbonyl (C=O) groups is 1. The van der Waals surface area contributed by atoms with E-state index in [1.807, 2.05) is 11.9 Å². The molecule has 5 nitrogen and oxygen atoms in total. The van der Waals surface area contributed by atoms with Gasteiger partial charge in [-0.25, -0.2) is 4.98 Å². The average molecular weight is 290 g/mol. The first-order valence-electron chi connectivity index (χ1n) is 7.96. The van der Waals surface area contributed by atoms with Crippen LogP contribution in [-0.4, -0.2) is 40.4 Å². The van der Waals surface area contributed by atoms with Gasteiger partial charge in [0.2, 0.25) is 0 Å². The van der Waals surface area contributed by atoms with Crippen molar-refractivity contribution in [2.45, 2.75) is 52.0 Å². The highest BCUT2D eigenvalue weighted by Gasteiger charge is 2.29. The molecule has 0 radical (unpaired) electrons. The Balaban J connectivity index is 2.07. The SMILES string of the molecule is CCCNc1cncc(C(=O)N(C)C2CCCCC2C)n1. The van der Waals surface area contributed by atoms with Crippen LogP contribution in [0.1, 0.15) is 56.4 Å². The van der Waals surface area contributed by atoms with Gasteiger partial charge in [0.25, 0.3) is 5.91 Å². The summed E-state index contributed by atoms with van der Waals surface area (Å²) in [6.07, 6.45) is 9.00. The Labute approximate surface area is 127 Å². The van der Waals surface area contributed by atoms with E-state index in [0.717, 1.165) is 19.4 Å². The minimum Gasteiger partial charge on any atom is -0.369 e. The molecule has 0 saturated heterocycles. The lowest BCUT2D eigenvalue weighted by Gasteiger charge is -2.36. The van der Waals surface area contributed by atoms with Gasteiger partial charge in [0.1, 0.15) is 11.5 Å². The second-order valence-electron chi connectivity index (χ2n) is 5.96. The van der Waals surface area contributed by atoms with Crippen LogP contribution in [0.2, 0.25) is 0 Å². The highest BCUT2D eigenvalue weighted by atomic mass is 16.2. The van der Waals surface area contributed by atoms with Gasteiger partial charge in [0, 0.05) is 19.6 Å². The summed E-state index contributed by atoms with van der Waals surface area (Å²) < 4.78 is 0. The maximum absolute atomic E-state index is 12.6. The van der Waals surface area contributed by atoms with E-state index in [-0.39, 0.29) is 5.91 Å². The molecule has 2 atom stereocenters. The number of rotatable bonds is 5. The van der Waals surface area contributed by atoms with E-state index in [2.05, 4.69) is 29.1 Å². The van der Waals surface area contributed by atoms with E-state index in [1.165, 1.54) is 19.3 Å². The van der Waals surface area contributed by atoms with E-state index >= 15 is 0 Å². The Kier molecular flexibility index (Phi) is 5.53. The summed E-state index contributed by atoms with van der Waals surface area (Å²) in [4.78, 5) is 23.0. The van der Waals surface area contributed by atoms with Gasteiger partial charge in [0.05, 0.1) is 12.4 Å². The maximum Gasteiger partial charge on any atom is 0.274 e. The Morgan fingerprint density at radius 3 is 2.86 bits per heavy atom. The van der Waals surface area contributed by atoms with Crippen molar-refractivity contribution < 1.29 is 4.79 Å². The van der Waals surface area contributed by atoms with Crippen LogP contribution in [0.4, 0.5) is 5.82 Å². The first-order valence-corrected chi connectivity index (χ1v) is 7.96. The molecule has 1 N–H and O–H groups in total. The smallest absolute Gasteiger partial charge is 0.274 e. The Morgan fingerprint density at radius 2 is 2.14 bits per heavy atom. The number of nitrogens with zero attached hydrogens (tertiary/aromatic N) is 3. The van der Waals surface area contributed by atoms with Crippen LogP contribution in [-0.2, 0) is 0 Å². The Morgan fingerprint density at radius 1 is 1.38 bits per heavy atom. The topological polar surface area (TPSA) is 58.1 Å². The molecule has 1 fully saturated rings. The van der Waals surface area contributed by atoms with E-state index in [1.54, 1.807) is 12.4 Å². The molecule has 1 saturated carbocycles. The lowest BCUT2D eigenvalue weighted by molar-refractivity contribution is 0.0622. The van der Waals surface area contributed by atoms with Crippen molar-refractivity contribution in [1.29, 1.82) is 0 Å². The third-order valence-electron chi connectivity index (χ3n) is 4.29. The predicted molar refractivity (Wildman–Crippen MR) is 84.3 cm³/mol. The molecule has 1 aliphatic carbocycles. The van der Waals surface area contributed by atoms with Gasteiger partial charge >= 0.3 is 0 Å². The molecule has 1 amide bonds. The molecule has 21 heavy (non-hydrogen) atoms. The zero-order valence-corrected chi connectivity index (χ0v) is 13.3. The molecular weight excluding hydrogens is 264 g/mol. The van der Waals surface area contributed by atoms with Crippen molar-refractivity contribution >= 4 is 11.7 Å².